The highest BCUT2D eigenvalue weighted by molar-refractivity contribution is 7.98. The molecule has 2 N–H and O–H groups in total. The average molecular weight is 286 g/mol. The number of aliphatic hydroxyl groups is 1. The minimum absolute atomic E-state index is 0.366. The van der Waals surface area contributed by atoms with Gasteiger partial charge in [-0.15, -0.1) is 11.8 Å². The van der Waals surface area contributed by atoms with Crippen LogP contribution in [-0.4, -0.2) is 34.7 Å². The summed E-state index contributed by atoms with van der Waals surface area (Å²) in [5.74, 6) is -0.434. The molecule has 106 valence electrons. The lowest BCUT2D eigenvalue weighted by molar-refractivity contribution is -0.0983. The maximum absolute atomic E-state index is 13.3. The molecule has 19 heavy (non-hydrogen) atoms. The monoisotopic (exact) mass is 286 g/mol. The van der Waals surface area contributed by atoms with E-state index in [1.165, 1.54) is 23.9 Å². The second-order valence-electron chi connectivity index (χ2n) is 5.43. The van der Waals surface area contributed by atoms with E-state index in [9.17, 15) is 14.5 Å². The van der Waals surface area contributed by atoms with Gasteiger partial charge in [0.1, 0.15) is 5.82 Å². The maximum Gasteiger partial charge on any atom is 0.492 e. The second kappa shape index (κ2) is 5.83. The third-order valence-corrected chi connectivity index (χ3v) is 4.15. The van der Waals surface area contributed by atoms with Crippen molar-refractivity contribution in [1.82, 2.24) is 0 Å². The highest BCUT2D eigenvalue weighted by Crippen LogP contribution is 2.26. The molecule has 0 aliphatic heterocycles. The van der Waals surface area contributed by atoms with E-state index in [2.05, 4.69) is 0 Å². The minimum atomic E-state index is -1.29. The average Bonchev–Trinajstić information content (AvgIpc) is 2.26. The largest absolute Gasteiger partial charge is 0.492 e. The lowest BCUT2D eigenvalue weighted by atomic mass is 9.76. The summed E-state index contributed by atoms with van der Waals surface area (Å²) in [5.41, 5.74) is -1.75. The zero-order valence-electron chi connectivity index (χ0n) is 11.9. The van der Waals surface area contributed by atoms with E-state index in [4.69, 9.17) is 4.65 Å². The van der Waals surface area contributed by atoms with Crippen molar-refractivity contribution in [3.63, 3.8) is 0 Å². The van der Waals surface area contributed by atoms with Crippen LogP contribution < -0.4 is 5.46 Å². The first-order valence-corrected chi connectivity index (χ1v) is 7.22. The highest BCUT2D eigenvalue weighted by Gasteiger charge is 2.40. The molecule has 0 saturated heterocycles. The van der Waals surface area contributed by atoms with E-state index in [0.717, 1.165) is 4.90 Å². The second-order valence-corrected chi connectivity index (χ2v) is 6.27. The van der Waals surface area contributed by atoms with Crippen LogP contribution in [0.4, 0.5) is 4.39 Å². The molecule has 0 heterocycles. The molecule has 1 aromatic carbocycles. The molecule has 3 nitrogen and oxygen atoms in total. The van der Waals surface area contributed by atoms with Crippen LogP contribution >= 0.6 is 11.8 Å². The third-order valence-electron chi connectivity index (χ3n) is 3.34. The maximum atomic E-state index is 13.3. The topological polar surface area (TPSA) is 49.7 Å². The summed E-state index contributed by atoms with van der Waals surface area (Å²) in [6.07, 6.45) is 1.84. The van der Waals surface area contributed by atoms with Crippen LogP contribution in [0, 0.1) is 5.82 Å². The van der Waals surface area contributed by atoms with Crippen LogP contribution in [0.15, 0.2) is 23.1 Å². The van der Waals surface area contributed by atoms with E-state index in [1.807, 2.05) is 6.26 Å². The van der Waals surface area contributed by atoms with Crippen LogP contribution in [0.2, 0.25) is 0 Å². The zero-order chi connectivity index (χ0) is 14.8. The van der Waals surface area contributed by atoms with Crippen molar-refractivity contribution >= 4 is 24.3 Å². The molecule has 0 spiro atoms. The smallest absolute Gasteiger partial charge is 0.423 e. The molecule has 0 aliphatic carbocycles. The van der Waals surface area contributed by atoms with Crippen LogP contribution in [-0.2, 0) is 4.65 Å². The molecule has 1 aromatic rings. The summed E-state index contributed by atoms with van der Waals surface area (Å²) in [7, 11) is -1.29. The predicted molar refractivity (Wildman–Crippen MR) is 77.2 cm³/mol. The minimum Gasteiger partial charge on any atom is -0.423 e. The Morgan fingerprint density at radius 1 is 1.26 bits per heavy atom. The highest BCUT2D eigenvalue weighted by atomic mass is 32.2. The van der Waals surface area contributed by atoms with Crippen molar-refractivity contribution in [2.24, 2.45) is 0 Å². The van der Waals surface area contributed by atoms with Crippen LogP contribution in [0.5, 0.6) is 0 Å². The van der Waals surface area contributed by atoms with Crippen molar-refractivity contribution in [1.29, 1.82) is 0 Å². The first kappa shape index (κ1) is 16.5. The Morgan fingerprint density at radius 2 is 1.84 bits per heavy atom. The van der Waals surface area contributed by atoms with Crippen LogP contribution in [0.25, 0.3) is 0 Å². The Kier molecular flexibility index (Phi) is 5.06. The van der Waals surface area contributed by atoms with Gasteiger partial charge in [-0.3, -0.25) is 0 Å². The predicted octanol–water partition coefficient (Wildman–Crippen LogP) is 1.80. The fraction of sp³-hybridized carbons (Fsp3) is 0.538. The molecular formula is C13H20BFO3S. The van der Waals surface area contributed by atoms with Crippen LogP contribution in [0.1, 0.15) is 27.7 Å². The van der Waals surface area contributed by atoms with E-state index in [-0.39, 0.29) is 0 Å². The third kappa shape index (κ3) is 3.95. The molecule has 0 aliphatic rings. The van der Waals surface area contributed by atoms with E-state index >= 15 is 0 Å². The summed E-state index contributed by atoms with van der Waals surface area (Å²) in [6.45, 7) is 6.55. The van der Waals surface area contributed by atoms with Gasteiger partial charge in [0.2, 0.25) is 0 Å². The molecule has 0 atom stereocenters. The number of benzene rings is 1. The summed E-state index contributed by atoms with van der Waals surface area (Å²) in [5, 5.41) is 20.1. The lowest BCUT2D eigenvalue weighted by Crippen LogP contribution is -2.53. The van der Waals surface area contributed by atoms with E-state index < -0.39 is 24.1 Å². The first-order valence-electron chi connectivity index (χ1n) is 6.00. The number of hydrogen-bond donors (Lipinski definition) is 2. The van der Waals surface area contributed by atoms with E-state index in [1.54, 1.807) is 33.8 Å². The molecular weight excluding hydrogens is 266 g/mol. The number of hydrogen-bond acceptors (Lipinski definition) is 4. The molecule has 0 saturated carbocycles. The Labute approximate surface area is 118 Å². The zero-order valence-corrected chi connectivity index (χ0v) is 12.7. The van der Waals surface area contributed by atoms with Crippen molar-refractivity contribution in [3.05, 3.63) is 24.0 Å². The quantitative estimate of drug-likeness (QED) is 0.640. The van der Waals surface area contributed by atoms with Gasteiger partial charge in [-0.2, -0.15) is 0 Å². The Hall–Kier alpha value is -0.555. The van der Waals surface area contributed by atoms with Crippen LogP contribution in [0.3, 0.4) is 0 Å². The SMILES string of the molecule is CSc1ccc(F)cc1B(O)OC(C)(C)C(C)(C)O. The van der Waals surface area contributed by atoms with Gasteiger partial charge >= 0.3 is 7.12 Å². The standard InChI is InChI=1S/C13H20BFO3S/c1-12(2,16)13(3,4)18-14(17)10-8-9(15)6-7-11(10)19-5/h6-8,16-17H,1-5H3. The number of halogens is 1. The van der Waals surface area contributed by atoms with Crippen molar-refractivity contribution in [3.8, 4) is 0 Å². The van der Waals surface area contributed by atoms with Gasteiger partial charge in [0.15, 0.2) is 0 Å². The summed E-state index contributed by atoms with van der Waals surface area (Å²) in [6, 6.07) is 4.18. The van der Waals surface area contributed by atoms with Crippen molar-refractivity contribution in [2.75, 3.05) is 6.26 Å². The van der Waals surface area contributed by atoms with Gasteiger partial charge in [0, 0.05) is 4.90 Å². The Bertz CT molecular complexity index is 446. The van der Waals surface area contributed by atoms with Gasteiger partial charge in [-0.25, -0.2) is 4.39 Å². The molecule has 0 unspecified atom stereocenters. The molecule has 1 rings (SSSR count). The van der Waals surface area contributed by atoms with Gasteiger partial charge in [0.05, 0.1) is 11.2 Å². The van der Waals surface area contributed by atoms with Gasteiger partial charge in [-0.05, 0) is 57.6 Å². The molecule has 0 fully saturated rings. The molecule has 6 heteroatoms. The Morgan fingerprint density at radius 3 is 2.32 bits per heavy atom. The van der Waals surface area contributed by atoms with Gasteiger partial charge in [-0.1, -0.05) is 0 Å². The number of thioether (sulfide) groups is 1. The fourth-order valence-electron chi connectivity index (χ4n) is 1.38. The summed E-state index contributed by atoms with van der Waals surface area (Å²) in [4.78, 5) is 0.737. The van der Waals surface area contributed by atoms with Crippen molar-refractivity contribution < 1.29 is 19.2 Å². The molecule has 0 aromatic heterocycles. The van der Waals surface area contributed by atoms with Gasteiger partial charge < -0.3 is 14.8 Å². The Balaban J connectivity index is 3.01. The fourth-order valence-corrected chi connectivity index (χ4v) is 1.98. The van der Waals surface area contributed by atoms with Gasteiger partial charge in [0.25, 0.3) is 0 Å². The normalized spacial score (nSPS) is 12.6. The first-order chi connectivity index (χ1) is 8.58. The number of rotatable bonds is 5. The summed E-state index contributed by atoms with van der Waals surface area (Å²) < 4.78 is 18.8. The molecule has 0 radical (unpaired) electrons. The lowest BCUT2D eigenvalue weighted by Gasteiger charge is -2.38. The van der Waals surface area contributed by atoms with E-state index in [0.29, 0.717) is 5.46 Å². The molecule has 0 bridgehead atoms. The molecule has 0 amide bonds. The van der Waals surface area contributed by atoms with Crippen molar-refractivity contribution in [2.45, 2.75) is 43.8 Å². The summed E-state index contributed by atoms with van der Waals surface area (Å²) >= 11 is 1.40.